The van der Waals surface area contributed by atoms with Gasteiger partial charge < -0.3 is 15.0 Å². The Morgan fingerprint density at radius 2 is 2.03 bits per heavy atom. The minimum atomic E-state index is -3.69. The molecule has 1 aromatic carbocycles. The van der Waals surface area contributed by atoms with Crippen LogP contribution in [0.25, 0.3) is 0 Å². The number of hydrogen-bond acceptors (Lipinski definition) is 7. The van der Waals surface area contributed by atoms with Gasteiger partial charge in [-0.1, -0.05) is 11.6 Å². The van der Waals surface area contributed by atoms with Gasteiger partial charge >= 0.3 is 6.09 Å². The van der Waals surface area contributed by atoms with Gasteiger partial charge in [-0.3, -0.25) is 5.32 Å². The van der Waals surface area contributed by atoms with Gasteiger partial charge in [0.2, 0.25) is 0 Å². The zero-order chi connectivity index (χ0) is 21.4. The lowest BCUT2D eigenvalue weighted by molar-refractivity contribution is 0.0876. The number of carbonyl (C=O) groups is 1. The highest BCUT2D eigenvalue weighted by Gasteiger charge is 2.46. The first-order chi connectivity index (χ1) is 14.3. The number of sulfone groups is 1. The highest BCUT2D eigenvalue weighted by molar-refractivity contribution is 7.92. The Bertz CT molecular complexity index is 968. The summed E-state index contributed by atoms with van der Waals surface area (Å²) in [5, 5.41) is 14.0. The molecule has 3 aliphatic rings. The molecule has 30 heavy (non-hydrogen) atoms. The average Bonchev–Trinajstić information content (AvgIpc) is 3.34. The lowest BCUT2D eigenvalue weighted by atomic mass is 10.1. The van der Waals surface area contributed by atoms with Crippen molar-refractivity contribution in [1.82, 2.24) is 10.6 Å². The molecule has 1 aliphatic carbocycles. The number of anilines is 1. The van der Waals surface area contributed by atoms with E-state index in [2.05, 4.69) is 21.6 Å². The van der Waals surface area contributed by atoms with Crippen LogP contribution in [0.5, 0.6) is 0 Å². The monoisotopic (exact) mass is 452 g/mol. The molecule has 1 saturated carbocycles. The summed E-state index contributed by atoms with van der Waals surface area (Å²) >= 11 is 6.38. The maximum Gasteiger partial charge on any atom is 0.409 e. The molecule has 2 aliphatic heterocycles. The van der Waals surface area contributed by atoms with Crippen LogP contribution in [0.2, 0.25) is 5.02 Å². The quantitative estimate of drug-likeness (QED) is 0.706. The Hall–Kier alpha value is -2.02. The zero-order valence-corrected chi connectivity index (χ0v) is 18.1. The second-order valence-corrected chi connectivity index (χ2v) is 10.8. The summed E-state index contributed by atoms with van der Waals surface area (Å²) in [7, 11) is -3.69. The molecule has 0 radical (unpaired) electrons. The molecule has 10 heteroatoms. The van der Waals surface area contributed by atoms with E-state index < -0.39 is 32.9 Å². The molecular formula is C20H25ClN4O4S. The van der Waals surface area contributed by atoms with E-state index in [1.807, 2.05) is 6.07 Å². The van der Waals surface area contributed by atoms with Gasteiger partial charge in [0.25, 0.3) is 0 Å². The predicted molar refractivity (Wildman–Crippen MR) is 112 cm³/mol. The molecule has 2 saturated heterocycles. The van der Waals surface area contributed by atoms with Crippen molar-refractivity contribution >= 4 is 33.2 Å². The van der Waals surface area contributed by atoms with Gasteiger partial charge in [-0.05, 0) is 50.3 Å². The minimum absolute atomic E-state index is 0.100. The number of carbonyl (C=O) groups excluding carboxylic acids is 1. The number of nitrogens with zero attached hydrogens (tertiary/aromatic N) is 2. The minimum Gasteiger partial charge on any atom is -0.430 e. The number of alkyl carbamates (subject to hydrolysis) is 1. The lowest BCUT2D eigenvalue weighted by Crippen LogP contribution is -2.40. The summed E-state index contributed by atoms with van der Waals surface area (Å²) in [6, 6.07) is 7.16. The molecule has 8 nitrogen and oxygen atoms in total. The van der Waals surface area contributed by atoms with Crippen LogP contribution in [0.4, 0.5) is 10.5 Å². The number of hydrogen-bond donors (Lipinski definition) is 2. The standard InChI is InChI=1S/C20H25ClN4O4S/c21-16-10-14(25-8-2-1-3-9-25)4-5-17(16)30(27,28)15-11-18(23-12-15)29-19(26)24-20(13-22)6-7-20/h4-5,10,15,18,23H,1-3,6-9,11-12H2,(H,24,26)/t15-,18+/m1/s1. The van der Waals surface area contributed by atoms with Crippen LogP contribution in [-0.2, 0) is 14.6 Å². The van der Waals surface area contributed by atoms with E-state index in [1.165, 1.54) is 6.42 Å². The van der Waals surface area contributed by atoms with Crippen molar-refractivity contribution in [2.75, 3.05) is 24.5 Å². The topological polar surface area (TPSA) is 112 Å². The number of rotatable bonds is 5. The second kappa shape index (κ2) is 8.25. The number of piperidine rings is 1. The third-order valence-electron chi connectivity index (χ3n) is 5.99. The van der Waals surface area contributed by atoms with Gasteiger partial charge in [0.05, 0.1) is 21.2 Å². The van der Waals surface area contributed by atoms with Crippen LogP contribution < -0.4 is 15.5 Å². The summed E-state index contributed by atoms with van der Waals surface area (Å²) in [5.74, 6) is 0. The van der Waals surface area contributed by atoms with Crippen LogP contribution in [0.1, 0.15) is 38.5 Å². The molecule has 2 heterocycles. The molecule has 162 valence electrons. The van der Waals surface area contributed by atoms with Crippen molar-refractivity contribution in [3.05, 3.63) is 23.2 Å². The molecule has 0 unspecified atom stereocenters. The smallest absolute Gasteiger partial charge is 0.409 e. The third-order valence-corrected chi connectivity index (χ3v) is 8.62. The Kier molecular flexibility index (Phi) is 5.84. The fourth-order valence-corrected chi connectivity index (χ4v) is 6.18. The molecule has 0 bridgehead atoms. The normalized spacial score (nSPS) is 25.4. The Morgan fingerprint density at radius 3 is 2.67 bits per heavy atom. The molecule has 0 aromatic heterocycles. The largest absolute Gasteiger partial charge is 0.430 e. The van der Waals surface area contributed by atoms with Crippen molar-refractivity contribution in [2.24, 2.45) is 0 Å². The molecule has 2 N–H and O–H groups in total. The van der Waals surface area contributed by atoms with Crippen LogP contribution in [0, 0.1) is 11.3 Å². The first kappa shape index (κ1) is 21.2. The van der Waals surface area contributed by atoms with E-state index in [0.717, 1.165) is 31.6 Å². The van der Waals surface area contributed by atoms with E-state index in [-0.39, 0.29) is 22.9 Å². The predicted octanol–water partition coefficient (Wildman–Crippen LogP) is 2.57. The van der Waals surface area contributed by atoms with Crippen molar-refractivity contribution in [3.8, 4) is 6.07 Å². The van der Waals surface area contributed by atoms with Gasteiger partial charge in [0, 0.05) is 31.7 Å². The first-order valence-electron chi connectivity index (χ1n) is 10.2. The summed E-state index contributed by atoms with van der Waals surface area (Å²) in [6.07, 6.45) is 3.33. The van der Waals surface area contributed by atoms with Crippen molar-refractivity contribution in [3.63, 3.8) is 0 Å². The first-order valence-corrected chi connectivity index (χ1v) is 12.2. The molecule has 2 atom stereocenters. The number of halogens is 1. The summed E-state index contributed by atoms with van der Waals surface area (Å²) in [6.45, 7) is 2.06. The molecule has 3 fully saturated rings. The number of benzene rings is 1. The van der Waals surface area contributed by atoms with E-state index >= 15 is 0 Å². The lowest BCUT2D eigenvalue weighted by Gasteiger charge is -2.29. The number of ether oxygens (including phenoxy) is 1. The number of nitriles is 1. The Labute approximate surface area is 181 Å². The van der Waals surface area contributed by atoms with Crippen molar-refractivity contribution in [2.45, 2.75) is 60.4 Å². The molecule has 0 spiro atoms. The fourth-order valence-electron chi connectivity index (χ4n) is 3.99. The summed E-state index contributed by atoms with van der Waals surface area (Å²) in [4.78, 5) is 14.3. The SMILES string of the molecule is N#CC1(NC(=O)O[C@H]2C[C@@H](S(=O)(=O)c3ccc(N4CCCCC4)cc3Cl)CN2)CC1. The van der Waals surface area contributed by atoms with E-state index in [9.17, 15) is 13.2 Å². The van der Waals surface area contributed by atoms with Crippen molar-refractivity contribution < 1.29 is 17.9 Å². The van der Waals surface area contributed by atoms with Gasteiger partial charge in [0.1, 0.15) is 5.54 Å². The van der Waals surface area contributed by atoms with Crippen LogP contribution in [0.15, 0.2) is 23.1 Å². The maximum atomic E-state index is 13.1. The Balaban J connectivity index is 1.40. The molecule has 1 amide bonds. The highest BCUT2D eigenvalue weighted by atomic mass is 35.5. The second-order valence-electron chi connectivity index (χ2n) is 8.19. The fraction of sp³-hybridized carbons (Fsp3) is 0.600. The highest BCUT2D eigenvalue weighted by Crippen LogP contribution is 2.35. The van der Waals surface area contributed by atoms with Gasteiger partial charge in [-0.15, -0.1) is 0 Å². The molecule has 1 aromatic rings. The number of amides is 1. The summed E-state index contributed by atoms with van der Waals surface area (Å²) in [5.41, 5.74) is 0.109. The van der Waals surface area contributed by atoms with Crippen LogP contribution in [-0.4, -0.2) is 51.2 Å². The summed E-state index contributed by atoms with van der Waals surface area (Å²) < 4.78 is 31.5. The van der Waals surface area contributed by atoms with Gasteiger partial charge in [0.15, 0.2) is 16.1 Å². The third kappa shape index (κ3) is 4.36. The van der Waals surface area contributed by atoms with E-state index in [1.54, 1.807) is 12.1 Å². The molecule has 4 rings (SSSR count). The Morgan fingerprint density at radius 1 is 1.30 bits per heavy atom. The average molecular weight is 453 g/mol. The van der Waals surface area contributed by atoms with Crippen LogP contribution in [0.3, 0.4) is 0 Å². The van der Waals surface area contributed by atoms with E-state index in [0.29, 0.717) is 12.8 Å². The maximum absolute atomic E-state index is 13.1. The van der Waals surface area contributed by atoms with Crippen LogP contribution >= 0.6 is 11.6 Å². The van der Waals surface area contributed by atoms with Crippen molar-refractivity contribution in [1.29, 1.82) is 5.26 Å². The number of nitrogens with one attached hydrogen (secondary N) is 2. The van der Waals surface area contributed by atoms with E-state index in [4.69, 9.17) is 21.6 Å². The molecular weight excluding hydrogens is 428 g/mol. The van der Waals surface area contributed by atoms with Gasteiger partial charge in [-0.25, -0.2) is 13.2 Å². The van der Waals surface area contributed by atoms with Gasteiger partial charge in [-0.2, -0.15) is 5.26 Å². The zero-order valence-electron chi connectivity index (χ0n) is 16.6.